The molecule has 2 heteroatoms. The monoisotopic (exact) mass is 140 g/mol. The van der Waals surface area contributed by atoms with Crippen molar-refractivity contribution in [3.8, 4) is 0 Å². The van der Waals surface area contributed by atoms with Gasteiger partial charge in [0.05, 0.1) is 0 Å². The SMILES string of the molecule is CCc1ccc(COC)o1. The second-order valence-electron chi connectivity index (χ2n) is 2.15. The average Bonchev–Trinajstić information content (AvgIpc) is 2.37. The van der Waals surface area contributed by atoms with Crippen LogP contribution in [0.15, 0.2) is 16.5 Å². The highest BCUT2D eigenvalue weighted by Crippen LogP contribution is 2.08. The van der Waals surface area contributed by atoms with Crippen LogP contribution in [0, 0.1) is 0 Å². The molecule has 1 aromatic heterocycles. The molecule has 0 aliphatic heterocycles. The number of hydrogen-bond acceptors (Lipinski definition) is 2. The van der Waals surface area contributed by atoms with Gasteiger partial charge < -0.3 is 9.15 Å². The first-order chi connectivity index (χ1) is 4.86. The van der Waals surface area contributed by atoms with Crippen molar-refractivity contribution in [1.29, 1.82) is 0 Å². The lowest BCUT2D eigenvalue weighted by Gasteiger charge is -1.91. The summed E-state index contributed by atoms with van der Waals surface area (Å²) in [7, 11) is 1.66. The van der Waals surface area contributed by atoms with Gasteiger partial charge in [-0.3, -0.25) is 0 Å². The standard InChI is InChI=1S/C8H12O2/c1-3-7-4-5-8(10-7)6-9-2/h4-5H,3,6H2,1-2H3. The van der Waals surface area contributed by atoms with E-state index in [0.717, 1.165) is 17.9 Å². The van der Waals surface area contributed by atoms with E-state index in [2.05, 4.69) is 6.92 Å². The molecule has 0 bridgehead atoms. The number of rotatable bonds is 3. The highest BCUT2D eigenvalue weighted by atomic mass is 16.5. The third-order valence-electron chi connectivity index (χ3n) is 1.35. The topological polar surface area (TPSA) is 22.4 Å². The van der Waals surface area contributed by atoms with Crippen molar-refractivity contribution >= 4 is 0 Å². The Hall–Kier alpha value is -0.760. The summed E-state index contributed by atoms with van der Waals surface area (Å²) >= 11 is 0. The zero-order valence-corrected chi connectivity index (χ0v) is 6.39. The van der Waals surface area contributed by atoms with Crippen LogP contribution < -0.4 is 0 Å². The van der Waals surface area contributed by atoms with Crippen LogP contribution in [0.4, 0.5) is 0 Å². The van der Waals surface area contributed by atoms with Crippen LogP contribution in [-0.2, 0) is 17.8 Å². The van der Waals surface area contributed by atoms with Gasteiger partial charge in [-0.25, -0.2) is 0 Å². The van der Waals surface area contributed by atoms with E-state index in [1.165, 1.54) is 0 Å². The van der Waals surface area contributed by atoms with E-state index >= 15 is 0 Å². The normalized spacial score (nSPS) is 10.2. The van der Waals surface area contributed by atoms with Crippen molar-refractivity contribution in [2.24, 2.45) is 0 Å². The van der Waals surface area contributed by atoms with E-state index in [9.17, 15) is 0 Å². The Labute approximate surface area is 60.8 Å². The number of ether oxygens (including phenoxy) is 1. The molecular weight excluding hydrogens is 128 g/mol. The fraction of sp³-hybridized carbons (Fsp3) is 0.500. The maximum Gasteiger partial charge on any atom is 0.129 e. The summed E-state index contributed by atoms with van der Waals surface area (Å²) in [6.45, 7) is 2.63. The minimum atomic E-state index is 0.569. The van der Waals surface area contributed by atoms with Gasteiger partial charge in [0.1, 0.15) is 18.1 Å². The molecular formula is C8H12O2. The third kappa shape index (κ3) is 1.61. The van der Waals surface area contributed by atoms with Crippen molar-refractivity contribution in [2.45, 2.75) is 20.0 Å². The van der Waals surface area contributed by atoms with Gasteiger partial charge in [-0.1, -0.05) is 6.92 Å². The van der Waals surface area contributed by atoms with Gasteiger partial charge >= 0.3 is 0 Å². The highest BCUT2D eigenvalue weighted by molar-refractivity contribution is 5.05. The summed E-state index contributed by atoms with van der Waals surface area (Å²) in [5, 5.41) is 0. The molecule has 0 fully saturated rings. The van der Waals surface area contributed by atoms with Crippen LogP contribution >= 0.6 is 0 Å². The Morgan fingerprint density at radius 3 is 2.60 bits per heavy atom. The predicted molar refractivity (Wildman–Crippen MR) is 38.8 cm³/mol. The highest BCUT2D eigenvalue weighted by Gasteiger charge is 1.97. The summed E-state index contributed by atoms with van der Waals surface area (Å²) in [5.74, 6) is 1.92. The Morgan fingerprint density at radius 1 is 1.40 bits per heavy atom. The molecule has 0 N–H and O–H groups in total. The number of methoxy groups -OCH3 is 1. The van der Waals surface area contributed by atoms with Gasteiger partial charge in [0.2, 0.25) is 0 Å². The molecule has 0 aliphatic rings. The molecule has 1 heterocycles. The lowest BCUT2D eigenvalue weighted by Crippen LogP contribution is -1.82. The lowest BCUT2D eigenvalue weighted by molar-refractivity contribution is 0.163. The molecule has 10 heavy (non-hydrogen) atoms. The van der Waals surface area contributed by atoms with Crippen molar-refractivity contribution in [3.63, 3.8) is 0 Å². The Morgan fingerprint density at radius 2 is 2.10 bits per heavy atom. The summed E-state index contributed by atoms with van der Waals surface area (Å²) in [6.07, 6.45) is 0.948. The molecule has 0 spiro atoms. The van der Waals surface area contributed by atoms with E-state index in [0.29, 0.717) is 6.61 Å². The summed E-state index contributed by atoms with van der Waals surface area (Å²) in [5.41, 5.74) is 0. The molecule has 0 amide bonds. The van der Waals surface area contributed by atoms with Gasteiger partial charge in [0, 0.05) is 13.5 Å². The van der Waals surface area contributed by atoms with Crippen LogP contribution in [-0.4, -0.2) is 7.11 Å². The summed E-state index contributed by atoms with van der Waals surface area (Å²) in [6, 6.07) is 3.93. The Kier molecular flexibility index (Phi) is 2.51. The molecule has 0 saturated heterocycles. The quantitative estimate of drug-likeness (QED) is 0.640. The fourth-order valence-corrected chi connectivity index (χ4v) is 0.832. The number of aryl methyl sites for hydroxylation is 1. The van der Waals surface area contributed by atoms with Crippen LogP contribution in [0.2, 0.25) is 0 Å². The first kappa shape index (κ1) is 7.35. The third-order valence-corrected chi connectivity index (χ3v) is 1.35. The van der Waals surface area contributed by atoms with Gasteiger partial charge in [0.25, 0.3) is 0 Å². The second kappa shape index (κ2) is 3.42. The first-order valence-corrected chi connectivity index (χ1v) is 3.43. The van der Waals surface area contributed by atoms with Gasteiger partial charge in [-0.05, 0) is 12.1 Å². The average molecular weight is 140 g/mol. The van der Waals surface area contributed by atoms with Crippen LogP contribution in [0.1, 0.15) is 18.4 Å². The maximum atomic E-state index is 5.35. The molecule has 0 aliphatic carbocycles. The van der Waals surface area contributed by atoms with Crippen molar-refractivity contribution in [3.05, 3.63) is 23.7 Å². The zero-order valence-electron chi connectivity index (χ0n) is 6.39. The predicted octanol–water partition coefficient (Wildman–Crippen LogP) is 1.99. The minimum Gasteiger partial charge on any atom is -0.464 e. The van der Waals surface area contributed by atoms with Gasteiger partial charge in [0.15, 0.2) is 0 Å². The van der Waals surface area contributed by atoms with E-state index in [4.69, 9.17) is 9.15 Å². The summed E-state index contributed by atoms with van der Waals surface area (Å²) < 4.78 is 10.2. The molecule has 0 saturated carbocycles. The van der Waals surface area contributed by atoms with Crippen molar-refractivity contribution in [1.82, 2.24) is 0 Å². The van der Waals surface area contributed by atoms with Gasteiger partial charge in [-0.2, -0.15) is 0 Å². The fourth-order valence-electron chi connectivity index (χ4n) is 0.832. The molecule has 56 valence electrons. The molecule has 2 nitrogen and oxygen atoms in total. The van der Waals surface area contributed by atoms with E-state index in [1.807, 2.05) is 12.1 Å². The minimum absolute atomic E-state index is 0.569. The lowest BCUT2D eigenvalue weighted by atomic mass is 10.4. The molecule has 1 aromatic rings. The smallest absolute Gasteiger partial charge is 0.129 e. The zero-order chi connectivity index (χ0) is 7.40. The maximum absolute atomic E-state index is 5.35. The van der Waals surface area contributed by atoms with E-state index < -0.39 is 0 Å². The summed E-state index contributed by atoms with van der Waals surface area (Å²) in [4.78, 5) is 0. The van der Waals surface area contributed by atoms with Crippen LogP contribution in [0.25, 0.3) is 0 Å². The van der Waals surface area contributed by atoms with Crippen molar-refractivity contribution < 1.29 is 9.15 Å². The molecule has 0 unspecified atom stereocenters. The second-order valence-corrected chi connectivity index (χ2v) is 2.15. The number of hydrogen-bond donors (Lipinski definition) is 0. The van der Waals surface area contributed by atoms with Gasteiger partial charge in [-0.15, -0.1) is 0 Å². The molecule has 0 radical (unpaired) electrons. The molecule has 0 atom stereocenters. The largest absolute Gasteiger partial charge is 0.464 e. The first-order valence-electron chi connectivity index (χ1n) is 3.43. The Bertz CT molecular complexity index is 191. The molecule has 1 rings (SSSR count). The van der Waals surface area contributed by atoms with Crippen LogP contribution in [0.5, 0.6) is 0 Å². The van der Waals surface area contributed by atoms with Crippen molar-refractivity contribution in [2.75, 3.05) is 7.11 Å². The van der Waals surface area contributed by atoms with E-state index in [-0.39, 0.29) is 0 Å². The van der Waals surface area contributed by atoms with E-state index in [1.54, 1.807) is 7.11 Å². The van der Waals surface area contributed by atoms with Crippen LogP contribution in [0.3, 0.4) is 0 Å². The Balaban J connectivity index is 2.59. The molecule has 0 aromatic carbocycles. The number of furan rings is 1.